The van der Waals surface area contributed by atoms with Crippen molar-refractivity contribution in [1.82, 2.24) is 0 Å². The Morgan fingerprint density at radius 2 is 0.650 bits per heavy atom. The summed E-state index contributed by atoms with van der Waals surface area (Å²) in [5, 5.41) is 0.209. The highest BCUT2D eigenvalue weighted by Gasteiger charge is 2.73. The molecular formula is C12H30Cl4Si4. The second kappa shape index (κ2) is 5.83. The number of rotatable bonds is 3. The van der Waals surface area contributed by atoms with E-state index >= 15 is 0 Å². The predicted molar refractivity (Wildman–Crippen MR) is 109 cm³/mol. The maximum atomic E-state index is 7.09. The second-order valence-electron chi connectivity index (χ2n) is 8.90. The van der Waals surface area contributed by atoms with Crippen LogP contribution in [0.1, 0.15) is 41.5 Å². The van der Waals surface area contributed by atoms with Crippen molar-refractivity contribution in [2.75, 3.05) is 0 Å². The van der Waals surface area contributed by atoms with Crippen molar-refractivity contribution in [3.63, 3.8) is 0 Å². The fraction of sp³-hybridized carbons (Fsp3) is 1.00. The average molecular weight is 429 g/mol. The monoisotopic (exact) mass is 426 g/mol. The molecule has 0 amide bonds. The molecule has 0 aliphatic rings. The zero-order chi connectivity index (χ0) is 17.0. The lowest BCUT2D eigenvalue weighted by atomic mass is 10.2. The van der Waals surface area contributed by atoms with Crippen LogP contribution in [0.2, 0.25) is 36.3 Å². The Labute approximate surface area is 148 Å². The van der Waals surface area contributed by atoms with Gasteiger partial charge in [0.2, 0.25) is 0 Å². The van der Waals surface area contributed by atoms with Crippen LogP contribution in [0.15, 0.2) is 0 Å². The van der Waals surface area contributed by atoms with E-state index in [0.717, 1.165) is 0 Å². The summed E-state index contributed by atoms with van der Waals surface area (Å²) in [5.41, 5.74) is -5.45. The lowest BCUT2D eigenvalue weighted by Gasteiger charge is -2.54. The summed E-state index contributed by atoms with van der Waals surface area (Å²) in [6, 6.07) is 0. The lowest BCUT2D eigenvalue weighted by Crippen LogP contribution is -2.78. The van der Waals surface area contributed by atoms with Crippen molar-refractivity contribution in [3.8, 4) is 0 Å². The van der Waals surface area contributed by atoms with E-state index in [2.05, 4.69) is 67.7 Å². The maximum absolute atomic E-state index is 7.09. The molecule has 0 fully saturated rings. The fourth-order valence-corrected chi connectivity index (χ4v) is 89.0. The molecule has 0 saturated carbocycles. The Hall–Kier alpha value is 2.03. The van der Waals surface area contributed by atoms with Crippen LogP contribution in [0, 0.1) is 0 Å². The van der Waals surface area contributed by atoms with Crippen LogP contribution in [-0.2, 0) is 0 Å². The van der Waals surface area contributed by atoms with Crippen molar-refractivity contribution in [1.29, 1.82) is 0 Å². The highest BCUT2D eigenvalue weighted by atomic mass is 35.8. The van der Waals surface area contributed by atoms with Crippen molar-refractivity contribution in [2.24, 2.45) is 0 Å². The Morgan fingerprint density at radius 3 is 0.750 bits per heavy atom. The van der Waals surface area contributed by atoms with E-state index in [1.165, 1.54) is 0 Å². The SMILES string of the molecule is CC(C)(C)[Si](C)(C)[Si](Cl)(Cl)[Si](Cl)(Cl)[Si](C)(C)C(C)(C)C. The van der Waals surface area contributed by atoms with Crippen molar-refractivity contribution >= 4 is 71.0 Å². The molecule has 0 atom stereocenters. The van der Waals surface area contributed by atoms with Gasteiger partial charge >= 0.3 is 0 Å². The van der Waals surface area contributed by atoms with Gasteiger partial charge in [-0.3, -0.25) is 0 Å². The van der Waals surface area contributed by atoms with E-state index in [-0.39, 0.29) is 10.1 Å². The van der Waals surface area contributed by atoms with Crippen LogP contribution in [0.5, 0.6) is 0 Å². The van der Waals surface area contributed by atoms with Crippen LogP contribution in [0.3, 0.4) is 0 Å². The van der Waals surface area contributed by atoms with Crippen LogP contribution in [-0.4, -0.2) is 26.6 Å². The van der Waals surface area contributed by atoms with Crippen LogP contribution in [0.25, 0.3) is 0 Å². The van der Waals surface area contributed by atoms with Crippen LogP contribution in [0.4, 0.5) is 0 Å². The summed E-state index contributed by atoms with van der Waals surface area (Å²) in [7, 11) is -3.91. The Balaban J connectivity index is 6.08. The molecule has 0 nitrogen and oxygen atoms in total. The van der Waals surface area contributed by atoms with Gasteiger partial charge in [0, 0.05) is 0 Å². The van der Waals surface area contributed by atoms with E-state index in [4.69, 9.17) is 44.3 Å². The molecule has 0 aromatic carbocycles. The molecule has 0 saturated heterocycles. The molecule has 8 heteroatoms. The third-order valence-electron chi connectivity index (χ3n) is 5.71. The van der Waals surface area contributed by atoms with Gasteiger partial charge in [-0.25, -0.2) is 0 Å². The van der Waals surface area contributed by atoms with Gasteiger partial charge in [0.25, 0.3) is 11.5 Å². The van der Waals surface area contributed by atoms with Crippen molar-refractivity contribution in [3.05, 3.63) is 0 Å². The molecule has 0 aliphatic carbocycles. The van der Waals surface area contributed by atoms with Gasteiger partial charge in [0.05, 0.1) is 15.2 Å². The summed E-state index contributed by atoms with van der Waals surface area (Å²) < 4.78 is 0. The normalized spacial score (nSPS) is 16.5. The van der Waals surface area contributed by atoms with Crippen LogP contribution < -0.4 is 0 Å². The molecule has 0 aliphatic heterocycles. The second-order valence-corrected chi connectivity index (χ2v) is 55.8. The predicted octanol–water partition coefficient (Wildman–Crippen LogP) is 7.08. The molecule has 0 heterocycles. The van der Waals surface area contributed by atoms with Gasteiger partial charge in [-0.15, -0.1) is 0 Å². The molecule has 0 unspecified atom stereocenters. The third kappa shape index (κ3) is 3.28. The first-order valence-electron chi connectivity index (χ1n) is 7.01. The minimum Gasteiger partial charge on any atom is -0.151 e. The fourth-order valence-electron chi connectivity index (χ4n) is 1.73. The first-order chi connectivity index (χ1) is 8.25. The Bertz CT molecular complexity index is 329. The Kier molecular flexibility index (Phi) is 6.42. The van der Waals surface area contributed by atoms with E-state index in [1.54, 1.807) is 0 Å². The van der Waals surface area contributed by atoms with E-state index in [9.17, 15) is 0 Å². The Morgan fingerprint density at radius 1 is 0.500 bits per heavy atom. The topological polar surface area (TPSA) is 0 Å². The molecule has 0 spiro atoms. The first kappa shape index (κ1) is 22.0. The standard InChI is InChI=1S/C12H30Cl4Si4/c1-11(2,3)17(7,8)19(13,14)20(15,16)18(9,10)12(4,5)6/h1-10H3. The number of hydrogen-bond donors (Lipinski definition) is 0. The molecule has 0 rings (SSSR count). The highest BCUT2D eigenvalue weighted by Crippen LogP contribution is 2.57. The molecule has 20 heavy (non-hydrogen) atoms. The lowest BCUT2D eigenvalue weighted by molar-refractivity contribution is 0.732. The molecule has 0 bridgehead atoms. The molecule has 122 valence electrons. The molecule has 0 aromatic heterocycles. The third-order valence-corrected chi connectivity index (χ3v) is 90.1. The summed E-state index contributed by atoms with van der Waals surface area (Å²) in [6.45, 7) is 22.5. The van der Waals surface area contributed by atoms with Crippen molar-refractivity contribution < 1.29 is 0 Å². The number of halogens is 4. The maximum Gasteiger partial charge on any atom is 0.259 e. The smallest absolute Gasteiger partial charge is 0.151 e. The van der Waals surface area contributed by atoms with E-state index in [1.807, 2.05) is 0 Å². The van der Waals surface area contributed by atoms with Gasteiger partial charge in [-0.1, -0.05) is 67.7 Å². The molecular weight excluding hydrogens is 398 g/mol. The van der Waals surface area contributed by atoms with Gasteiger partial charge in [-0.2, -0.15) is 44.3 Å². The summed E-state index contributed by atoms with van der Waals surface area (Å²) in [4.78, 5) is 0. The van der Waals surface area contributed by atoms with E-state index < -0.39 is 26.6 Å². The van der Waals surface area contributed by atoms with Gasteiger partial charge in [0.15, 0.2) is 0 Å². The highest BCUT2D eigenvalue weighted by molar-refractivity contribution is 8.17. The minimum atomic E-state index is -2.72. The number of hydrogen-bond acceptors (Lipinski definition) is 0. The zero-order valence-corrected chi connectivity index (χ0v) is 21.5. The first-order valence-corrected chi connectivity index (χ1v) is 24.1. The summed E-state index contributed by atoms with van der Waals surface area (Å²) in [5.74, 6) is 0. The van der Waals surface area contributed by atoms with Crippen LogP contribution >= 0.6 is 44.3 Å². The molecule has 0 radical (unpaired) electrons. The average Bonchev–Trinajstić information content (AvgIpc) is 2.12. The van der Waals surface area contributed by atoms with Gasteiger partial charge in [-0.05, 0) is 10.1 Å². The van der Waals surface area contributed by atoms with E-state index in [0.29, 0.717) is 0 Å². The minimum absolute atomic E-state index is 0.104. The summed E-state index contributed by atoms with van der Waals surface area (Å²) in [6.07, 6.45) is 0. The molecule has 0 aromatic rings. The molecule has 0 N–H and O–H groups in total. The van der Waals surface area contributed by atoms with Gasteiger partial charge < -0.3 is 0 Å². The summed E-state index contributed by atoms with van der Waals surface area (Å²) >= 11 is 28.4. The zero-order valence-electron chi connectivity index (χ0n) is 14.5. The van der Waals surface area contributed by atoms with Crippen molar-refractivity contribution in [2.45, 2.75) is 77.8 Å². The van der Waals surface area contributed by atoms with Gasteiger partial charge in [0.1, 0.15) is 0 Å². The quantitative estimate of drug-likeness (QED) is 0.333. The largest absolute Gasteiger partial charge is 0.259 e.